The van der Waals surface area contributed by atoms with Crippen LogP contribution in [-0.4, -0.2) is 24.5 Å². The van der Waals surface area contributed by atoms with E-state index in [1.54, 1.807) is 23.0 Å². The minimum atomic E-state index is -0.254. The van der Waals surface area contributed by atoms with Crippen molar-refractivity contribution in [2.45, 2.75) is 6.54 Å². The van der Waals surface area contributed by atoms with Gasteiger partial charge < -0.3 is 0 Å². The van der Waals surface area contributed by atoms with Crippen LogP contribution in [0.3, 0.4) is 0 Å². The first kappa shape index (κ1) is 9.45. The minimum absolute atomic E-state index is 0.254. The number of hydrogen-bond donors (Lipinski definition) is 1. The first-order valence-corrected chi connectivity index (χ1v) is 4.48. The molecular formula is C9H11N5O. The van der Waals surface area contributed by atoms with Crippen LogP contribution in [0.25, 0.3) is 11.5 Å². The van der Waals surface area contributed by atoms with Crippen LogP contribution in [0.4, 0.5) is 0 Å². The van der Waals surface area contributed by atoms with Crippen molar-refractivity contribution in [1.82, 2.24) is 24.5 Å². The molecule has 2 aromatic rings. The molecule has 0 radical (unpaired) electrons. The molecule has 0 saturated heterocycles. The van der Waals surface area contributed by atoms with Crippen molar-refractivity contribution in [1.29, 1.82) is 0 Å². The molecule has 0 fully saturated rings. The highest BCUT2D eigenvalue weighted by molar-refractivity contribution is 5.47. The number of nitrogens with zero attached hydrogens (tertiary/aromatic N) is 4. The molecular weight excluding hydrogens is 194 g/mol. The van der Waals surface area contributed by atoms with Gasteiger partial charge in [-0.2, -0.15) is 10.2 Å². The summed E-state index contributed by atoms with van der Waals surface area (Å²) in [5.74, 6) is 0.528. The van der Waals surface area contributed by atoms with Crippen LogP contribution in [0.2, 0.25) is 0 Å². The Morgan fingerprint density at radius 3 is 3.07 bits per heavy atom. The fourth-order valence-corrected chi connectivity index (χ4v) is 1.35. The predicted octanol–water partition coefficient (Wildman–Crippen LogP) is 0.158. The lowest BCUT2D eigenvalue weighted by atomic mass is 10.4. The van der Waals surface area contributed by atoms with Gasteiger partial charge in [0, 0.05) is 19.8 Å². The number of aromatic nitrogens is 5. The van der Waals surface area contributed by atoms with Gasteiger partial charge in [-0.3, -0.25) is 9.25 Å². The van der Waals surface area contributed by atoms with E-state index in [2.05, 4.69) is 21.9 Å². The van der Waals surface area contributed by atoms with Gasteiger partial charge in [0.1, 0.15) is 5.69 Å². The molecule has 0 aliphatic carbocycles. The van der Waals surface area contributed by atoms with E-state index in [1.807, 2.05) is 7.05 Å². The monoisotopic (exact) mass is 205 g/mol. The number of allylic oxidation sites excluding steroid dienone is 1. The van der Waals surface area contributed by atoms with Gasteiger partial charge in [-0.05, 0) is 6.07 Å². The fraction of sp³-hybridized carbons (Fsp3) is 0.222. The number of aryl methyl sites for hydroxylation is 1. The lowest BCUT2D eigenvalue weighted by Gasteiger charge is -1.98. The Morgan fingerprint density at radius 1 is 1.67 bits per heavy atom. The van der Waals surface area contributed by atoms with Crippen LogP contribution < -0.4 is 5.69 Å². The van der Waals surface area contributed by atoms with Crippen molar-refractivity contribution in [3.8, 4) is 11.5 Å². The van der Waals surface area contributed by atoms with Gasteiger partial charge in [0.15, 0.2) is 5.82 Å². The van der Waals surface area contributed by atoms with Crippen molar-refractivity contribution >= 4 is 0 Å². The average Bonchev–Trinajstić information content (AvgIpc) is 2.76. The molecule has 15 heavy (non-hydrogen) atoms. The molecule has 0 aromatic carbocycles. The molecule has 6 heteroatoms. The summed E-state index contributed by atoms with van der Waals surface area (Å²) in [6.45, 7) is 4.01. The van der Waals surface area contributed by atoms with Crippen LogP contribution in [-0.2, 0) is 13.6 Å². The zero-order chi connectivity index (χ0) is 10.8. The van der Waals surface area contributed by atoms with Crippen LogP contribution >= 0.6 is 0 Å². The Morgan fingerprint density at radius 2 is 2.47 bits per heavy atom. The highest BCUT2D eigenvalue weighted by Crippen LogP contribution is 2.11. The van der Waals surface area contributed by atoms with Gasteiger partial charge in [-0.1, -0.05) is 6.08 Å². The van der Waals surface area contributed by atoms with Crippen LogP contribution in [0.5, 0.6) is 0 Å². The Hall–Kier alpha value is -2.11. The Balaban J connectivity index is 2.52. The van der Waals surface area contributed by atoms with E-state index in [-0.39, 0.29) is 5.69 Å². The molecule has 0 spiro atoms. The zero-order valence-electron chi connectivity index (χ0n) is 8.34. The van der Waals surface area contributed by atoms with E-state index in [4.69, 9.17) is 0 Å². The average molecular weight is 205 g/mol. The molecule has 78 valence electrons. The number of hydrogen-bond acceptors (Lipinski definition) is 3. The second kappa shape index (κ2) is 3.56. The maximum atomic E-state index is 11.4. The maximum absolute atomic E-state index is 11.4. The SMILES string of the molecule is C=CCn1c(-c2ccn(C)n2)n[nH]c1=O. The number of rotatable bonds is 3. The Kier molecular flexibility index (Phi) is 2.24. The fourth-order valence-electron chi connectivity index (χ4n) is 1.35. The molecule has 0 atom stereocenters. The molecule has 1 N–H and O–H groups in total. The highest BCUT2D eigenvalue weighted by Gasteiger charge is 2.11. The number of aromatic amines is 1. The van der Waals surface area contributed by atoms with Gasteiger partial charge in [-0.25, -0.2) is 9.89 Å². The predicted molar refractivity (Wildman–Crippen MR) is 55.2 cm³/mol. The normalized spacial score (nSPS) is 10.5. The van der Waals surface area contributed by atoms with Crippen molar-refractivity contribution in [2.75, 3.05) is 0 Å². The van der Waals surface area contributed by atoms with E-state index in [0.717, 1.165) is 0 Å². The standard InChI is InChI=1S/C9H11N5O/c1-3-5-14-8(10-11-9(14)15)7-4-6-13(2)12-7/h3-4,6H,1,5H2,2H3,(H,11,15). The van der Waals surface area contributed by atoms with Gasteiger partial charge >= 0.3 is 5.69 Å². The third-order valence-corrected chi connectivity index (χ3v) is 2.01. The van der Waals surface area contributed by atoms with Crippen LogP contribution in [0, 0.1) is 0 Å². The first-order valence-electron chi connectivity index (χ1n) is 4.48. The van der Waals surface area contributed by atoms with E-state index in [9.17, 15) is 4.79 Å². The van der Waals surface area contributed by atoms with Gasteiger partial charge in [-0.15, -0.1) is 6.58 Å². The van der Waals surface area contributed by atoms with Crippen molar-refractivity contribution < 1.29 is 0 Å². The molecule has 0 saturated carbocycles. The third-order valence-electron chi connectivity index (χ3n) is 2.01. The van der Waals surface area contributed by atoms with Crippen LogP contribution in [0.1, 0.15) is 0 Å². The molecule has 0 amide bonds. The first-order chi connectivity index (χ1) is 7.22. The lowest BCUT2D eigenvalue weighted by molar-refractivity contribution is 0.754. The summed E-state index contributed by atoms with van der Waals surface area (Å²) >= 11 is 0. The van der Waals surface area contributed by atoms with Crippen molar-refractivity contribution in [2.24, 2.45) is 7.05 Å². The largest absolute Gasteiger partial charge is 0.343 e. The molecule has 2 aromatic heterocycles. The molecule has 0 unspecified atom stereocenters. The molecule has 0 aliphatic rings. The molecule has 2 rings (SSSR count). The Bertz CT molecular complexity index is 533. The van der Waals surface area contributed by atoms with E-state index in [0.29, 0.717) is 18.1 Å². The second-order valence-corrected chi connectivity index (χ2v) is 3.13. The maximum Gasteiger partial charge on any atom is 0.343 e. The highest BCUT2D eigenvalue weighted by atomic mass is 16.1. The summed E-state index contributed by atoms with van der Waals surface area (Å²) in [5.41, 5.74) is 0.410. The van der Waals surface area contributed by atoms with Gasteiger partial charge in [0.2, 0.25) is 0 Å². The second-order valence-electron chi connectivity index (χ2n) is 3.13. The minimum Gasteiger partial charge on any atom is -0.275 e. The summed E-state index contributed by atoms with van der Waals surface area (Å²) in [4.78, 5) is 11.4. The molecule has 0 aliphatic heterocycles. The molecule has 2 heterocycles. The van der Waals surface area contributed by atoms with E-state index in [1.165, 1.54) is 4.57 Å². The summed E-state index contributed by atoms with van der Waals surface area (Å²) in [5, 5.41) is 10.5. The molecule has 0 bridgehead atoms. The van der Waals surface area contributed by atoms with Crippen LogP contribution in [0.15, 0.2) is 29.7 Å². The number of H-pyrrole nitrogens is 1. The van der Waals surface area contributed by atoms with Crippen molar-refractivity contribution in [3.63, 3.8) is 0 Å². The summed E-state index contributed by atoms with van der Waals surface area (Å²) in [6.07, 6.45) is 3.44. The van der Waals surface area contributed by atoms with Gasteiger partial charge in [0.25, 0.3) is 0 Å². The quantitative estimate of drug-likeness (QED) is 0.725. The third kappa shape index (κ3) is 1.61. The van der Waals surface area contributed by atoms with Gasteiger partial charge in [0.05, 0.1) is 0 Å². The lowest BCUT2D eigenvalue weighted by Crippen LogP contribution is -2.16. The molecule has 6 nitrogen and oxygen atoms in total. The number of nitrogens with one attached hydrogen (secondary N) is 1. The summed E-state index contributed by atoms with van der Waals surface area (Å²) in [7, 11) is 1.81. The van der Waals surface area contributed by atoms with E-state index >= 15 is 0 Å². The zero-order valence-corrected chi connectivity index (χ0v) is 8.34. The smallest absolute Gasteiger partial charge is 0.275 e. The Labute approximate surface area is 85.9 Å². The van der Waals surface area contributed by atoms with E-state index < -0.39 is 0 Å². The summed E-state index contributed by atoms with van der Waals surface area (Å²) in [6, 6.07) is 1.80. The van der Waals surface area contributed by atoms with Crippen molar-refractivity contribution in [3.05, 3.63) is 35.4 Å². The topological polar surface area (TPSA) is 68.5 Å². The summed E-state index contributed by atoms with van der Waals surface area (Å²) < 4.78 is 3.14.